The molecule has 0 aliphatic heterocycles. The Morgan fingerprint density at radius 2 is 0.459 bits per heavy atom. The van der Waals surface area contributed by atoms with E-state index in [9.17, 15) is 43.5 Å². The van der Waals surface area contributed by atoms with E-state index in [2.05, 4.69) is 227 Å². The predicted octanol–water partition coefficient (Wildman–Crippen LogP) is 24.9. The van der Waals surface area contributed by atoms with Crippen LogP contribution < -0.4 is 0 Å². The molecular weight excluding hydrogens is 1410 g/mol. The monoisotopic (exact) mass is 1560 g/mol. The second-order valence-electron chi connectivity index (χ2n) is 26.8. The zero-order chi connectivity index (χ0) is 79.4. The zero-order valence-electron chi connectivity index (χ0n) is 67.4. The van der Waals surface area contributed by atoms with E-state index in [1.165, 1.54) is 32.1 Å². The molecule has 18 heteroatoms. The molecule has 0 saturated heterocycles. The second kappa shape index (κ2) is 81.6. The minimum Gasteiger partial charge on any atom is -0.463 e. The fraction of sp³-hybridized carbons (Fsp3) is 0.593. The largest absolute Gasteiger partial charge is 0.472 e. The summed E-state index contributed by atoms with van der Waals surface area (Å²) in [5.41, 5.74) is 0. The fourth-order valence-corrected chi connectivity index (χ4v) is 11.9. The van der Waals surface area contributed by atoms with Gasteiger partial charge in [0.1, 0.15) is 25.4 Å². The maximum absolute atomic E-state index is 13.0. The molecule has 4 N–H and O–H groups in total. The molecular formula is C91H146O16P2. The van der Waals surface area contributed by atoms with Crippen molar-refractivity contribution in [2.45, 2.75) is 309 Å². The minimum atomic E-state index is -4.96. The van der Waals surface area contributed by atoms with Crippen LogP contribution in [0.2, 0.25) is 0 Å². The molecule has 0 amide bonds. The highest BCUT2D eigenvalue weighted by atomic mass is 31.2. The summed E-state index contributed by atoms with van der Waals surface area (Å²) in [5.74, 6) is -1.65. The number of phosphoric acid groups is 2. The average Bonchev–Trinajstić information content (AvgIpc) is 0.902. The molecule has 0 rings (SSSR count). The van der Waals surface area contributed by atoms with Crippen LogP contribution in [0, 0.1) is 0 Å². The van der Waals surface area contributed by atoms with Crippen LogP contribution in [-0.2, 0) is 55.8 Å². The predicted molar refractivity (Wildman–Crippen MR) is 454 cm³/mol. The Balaban J connectivity index is 4.68. The lowest BCUT2D eigenvalue weighted by Gasteiger charge is -2.21. The maximum atomic E-state index is 13.0. The second-order valence-corrected chi connectivity index (χ2v) is 29.7. The number of aliphatic hydroxyl groups excluding tert-OH is 2. The number of allylic oxidation sites excluding steroid dienone is 34. The van der Waals surface area contributed by atoms with E-state index >= 15 is 0 Å². The highest BCUT2D eigenvalue weighted by molar-refractivity contribution is 7.47. The number of hydrogen-bond acceptors (Lipinski definition) is 14. The summed E-state index contributed by atoms with van der Waals surface area (Å²) in [5, 5.41) is 20.7. The van der Waals surface area contributed by atoms with Gasteiger partial charge in [-0.25, -0.2) is 9.13 Å². The molecule has 16 nitrogen and oxygen atoms in total. The molecule has 0 bridgehead atoms. The first-order valence-corrected chi connectivity index (χ1v) is 44.4. The topological polar surface area (TPSA) is 231 Å². The summed E-state index contributed by atoms with van der Waals surface area (Å²) < 4.78 is 61.2. The molecule has 0 aliphatic carbocycles. The van der Waals surface area contributed by atoms with Crippen molar-refractivity contribution in [1.82, 2.24) is 0 Å². The third kappa shape index (κ3) is 82.9. The van der Waals surface area contributed by atoms with Crippen molar-refractivity contribution < 1.29 is 75.8 Å². The van der Waals surface area contributed by atoms with E-state index in [0.29, 0.717) is 19.3 Å². The summed E-state index contributed by atoms with van der Waals surface area (Å²) in [6, 6.07) is 0. The van der Waals surface area contributed by atoms with Crippen molar-refractivity contribution in [2.75, 3.05) is 39.6 Å². The molecule has 0 radical (unpaired) electrons. The average molecular weight is 1560 g/mol. The summed E-state index contributed by atoms with van der Waals surface area (Å²) in [6.45, 7) is 2.26. The van der Waals surface area contributed by atoms with Crippen LogP contribution >= 0.6 is 15.6 Å². The summed E-state index contributed by atoms with van der Waals surface area (Å²) in [4.78, 5) is 58.8. The van der Waals surface area contributed by atoms with Crippen LogP contribution in [0.5, 0.6) is 0 Å². The first kappa shape index (κ1) is 103. The summed E-state index contributed by atoms with van der Waals surface area (Å²) >= 11 is 0. The lowest BCUT2D eigenvalue weighted by Crippen LogP contribution is -2.30. The van der Waals surface area contributed by atoms with E-state index in [1.807, 2.05) is 0 Å². The zero-order valence-corrected chi connectivity index (χ0v) is 69.2. The van der Waals surface area contributed by atoms with E-state index in [0.717, 1.165) is 199 Å². The van der Waals surface area contributed by atoms with E-state index < -0.39 is 91.5 Å². The van der Waals surface area contributed by atoms with Crippen LogP contribution in [0.3, 0.4) is 0 Å². The van der Waals surface area contributed by atoms with E-state index in [4.69, 9.17) is 32.3 Å². The lowest BCUT2D eigenvalue weighted by atomic mass is 10.1. The van der Waals surface area contributed by atoms with Crippen LogP contribution in [0.25, 0.3) is 0 Å². The molecule has 0 heterocycles. The van der Waals surface area contributed by atoms with Crippen molar-refractivity contribution in [2.24, 2.45) is 0 Å². The smallest absolute Gasteiger partial charge is 0.463 e. The van der Waals surface area contributed by atoms with Gasteiger partial charge in [0.25, 0.3) is 0 Å². The number of phosphoric ester groups is 2. The van der Waals surface area contributed by atoms with Crippen LogP contribution in [0.1, 0.15) is 290 Å². The molecule has 0 fully saturated rings. The van der Waals surface area contributed by atoms with Crippen molar-refractivity contribution in [1.29, 1.82) is 0 Å². The Bertz CT molecular complexity index is 2810. The van der Waals surface area contributed by atoms with Gasteiger partial charge in [-0.15, -0.1) is 0 Å². The first-order valence-electron chi connectivity index (χ1n) is 41.4. The van der Waals surface area contributed by atoms with E-state index in [-0.39, 0.29) is 19.3 Å². The Morgan fingerprint density at radius 3 is 0.734 bits per heavy atom. The van der Waals surface area contributed by atoms with Crippen LogP contribution in [0.15, 0.2) is 207 Å². The van der Waals surface area contributed by atoms with Gasteiger partial charge in [-0.2, -0.15) is 0 Å². The highest BCUT2D eigenvalue weighted by Crippen LogP contribution is 2.45. The molecule has 0 saturated carbocycles. The third-order valence-corrected chi connectivity index (χ3v) is 18.4. The molecule has 109 heavy (non-hydrogen) atoms. The molecule has 0 aromatic heterocycles. The Kier molecular flexibility index (Phi) is 77.2. The first-order chi connectivity index (χ1) is 53.2. The van der Waals surface area contributed by atoms with Crippen LogP contribution in [-0.4, -0.2) is 95.9 Å². The Labute approximate surface area is 660 Å². The number of unbranched alkanes of at least 4 members (excludes halogenated alkanes) is 19. The van der Waals surface area contributed by atoms with Crippen molar-refractivity contribution in [3.8, 4) is 0 Å². The minimum absolute atomic E-state index is 0.0532. The molecule has 0 spiro atoms. The molecule has 0 aromatic rings. The number of carbonyl (C=O) groups is 3. The Morgan fingerprint density at radius 1 is 0.257 bits per heavy atom. The van der Waals surface area contributed by atoms with Gasteiger partial charge >= 0.3 is 33.6 Å². The SMILES string of the molecule is CC/C=C\C/C=C\C/C=C\C/C=C\C/C=C\C/C=C\CCCCCCCCCCCCC(=O)OCC(O)COP(=O)(O)OCC(O)COP(=O)(O)OCC(COC(=O)CCCCCCCC/C=C\C/C=C\C/C=C\C/C=C\C/C=C\C/C=C\CC)OC(=O)CCCCC/C=C\C/C=C\C/C=C\C/C=C\C/C=C\CC. The summed E-state index contributed by atoms with van der Waals surface area (Å²) in [6.07, 6.45) is 109. The molecule has 5 atom stereocenters. The van der Waals surface area contributed by atoms with Gasteiger partial charge < -0.3 is 34.2 Å². The van der Waals surface area contributed by atoms with Gasteiger partial charge in [0.05, 0.1) is 26.4 Å². The molecule has 0 aromatic carbocycles. The molecule has 616 valence electrons. The van der Waals surface area contributed by atoms with Crippen molar-refractivity contribution in [3.05, 3.63) is 207 Å². The number of ether oxygens (including phenoxy) is 3. The maximum Gasteiger partial charge on any atom is 0.472 e. The van der Waals surface area contributed by atoms with Crippen molar-refractivity contribution >= 4 is 33.6 Å². The number of rotatable bonds is 76. The number of hydrogen-bond donors (Lipinski definition) is 4. The van der Waals surface area contributed by atoms with Crippen molar-refractivity contribution in [3.63, 3.8) is 0 Å². The third-order valence-electron chi connectivity index (χ3n) is 16.5. The van der Waals surface area contributed by atoms with Gasteiger partial charge in [0.15, 0.2) is 6.10 Å². The van der Waals surface area contributed by atoms with Gasteiger partial charge in [-0.1, -0.05) is 311 Å². The Hall–Kier alpha value is -5.87. The van der Waals surface area contributed by atoms with Gasteiger partial charge in [-0.05, 0) is 167 Å². The van der Waals surface area contributed by atoms with Crippen LogP contribution in [0.4, 0.5) is 0 Å². The van der Waals surface area contributed by atoms with Gasteiger partial charge in [-0.3, -0.25) is 32.5 Å². The fourth-order valence-electron chi connectivity index (χ4n) is 10.3. The van der Waals surface area contributed by atoms with Gasteiger partial charge in [0.2, 0.25) is 0 Å². The van der Waals surface area contributed by atoms with Gasteiger partial charge in [0, 0.05) is 19.3 Å². The standard InChI is InChI=1S/C91H146O16P2/c1-4-7-10-13-16-19-22-25-28-31-34-36-38-40-41-42-43-45-47-48-51-53-56-59-62-65-68-71-74-77-89(94)101-80-86(92)81-103-108(97,98)104-82-87(93)83-105-109(99,100)106-85-88(107-91(96)79-76-73-70-67-64-61-58-55-50-33-30-27-24-21-18-15-12-9-6-3)84-102-90(95)78-75-72-69-66-63-60-57-54-52-49-46-44-39-37-35-32-29-26-23-20-17-14-11-8-5-2/h7-12,16-21,25-30,34-37,40-41,43-46,50,52,54-55,61,64,86-88,92-93H,4-6,13-15,22-24,31-33,38-39,42,47-49,51,53,56-60,62-63,65-85H2,1-3H3,(H,97,98)(H,99,100)/b10-7-,11-8-,12-9-,19-16-,20-17-,21-18-,28-25-,29-26-,30-27-,36-34-,37-35-,41-40-,45-43-,46-44-,54-52-,55-50-,64-61-. The number of aliphatic hydroxyl groups is 2. The number of carbonyl (C=O) groups excluding carboxylic acids is 3. The number of esters is 3. The normalized spacial score (nSPS) is 15.0. The lowest BCUT2D eigenvalue weighted by molar-refractivity contribution is -0.161. The molecule has 5 unspecified atom stereocenters. The quantitative estimate of drug-likeness (QED) is 0.0146. The highest BCUT2D eigenvalue weighted by Gasteiger charge is 2.29. The molecule has 0 aliphatic rings. The van der Waals surface area contributed by atoms with E-state index in [1.54, 1.807) is 0 Å². The summed E-state index contributed by atoms with van der Waals surface area (Å²) in [7, 11) is -9.83.